The number of aldehydes is 1. The molecule has 2 aromatic heterocycles. The van der Waals surface area contributed by atoms with Gasteiger partial charge >= 0.3 is 0 Å². The van der Waals surface area contributed by atoms with Gasteiger partial charge in [-0.25, -0.2) is 13.8 Å². The van der Waals surface area contributed by atoms with E-state index in [1.54, 1.807) is 0 Å². The van der Waals surface area contributed by atoms with Gasteiger partial charge in [-0.1, -0.05) is 24.3 Å². The number of allylic oxidation sites excluding steroid dienone is 2. The molecule has 3 heterocycles. The Balaban J connectivity index is 1.28. The van der Waals surface area contributed by atoms with Crippen molar-refractivity contribution in [2.45, 2.75) is 37.8 Å². The van der Waals surface area contributed by atoms with Gasteiger partial charge in [0, 0.05) is 17.3 Å². The van der Waals surface area contributed by atoms with E-state index in [0.29, 0.717) is 25.1 Å². The second kappa shape index (κ2) is 8.56. The summed E-state index contributed by atoms with van der Waals surface area (Å²) in [6.07, 6.45) is 13.1. The number of hydrogen-bond acceptors (Lipinski definition) is 4. The number of aliphatic hydroxyl groups excluding tert-OH is 1. The fourth-order valence-electron chi connectivity index (χ4n) is 5.17. The van der Waals surface area contributed by atoms with Crippen molar-refractivity contribution in [1.29, 1.82) is 0 Å². The van der Waals surface area contributed by atoms with E-state index in [1.165, 1.54) is 16.8 Å². The number of carbonyl (C=O) groups excluding carboxylic acids is 1. The Morgan fingerprint density at radius 3 is 2.78 bits per heavy atom. The standard InChI is InChI=1S/C25H25F2N3O2/c26-20-6-5-17(11-21(20)27)24(14-31)29-9-7-16(8-10-29)25(32)12-22-18-3-1-2-4-19(18)23-13-28-15-30(22)23/h1-2,4-6,11,13-16,24-25,32H,3,7-10,12H2. The SMILES string of the molecule is O=CC(c1ccc(F)c(F)c1)N1CCC(C(O)Cc2c3c(c4cncn24)=CC=CC3)CC1. The molecule has 0 amide bonds. The Hall–Kier alpha value is -2.90. The fourth-order valence-corrected chi connectivity index (χ4v) is 5.17. The van der Waals surface area contributed by atoms with Crippen LogP contribution in [0.5, 0.6) is 0 Å². The van der Waals surface area contributed by atoms with Gasteiger partial charge in [-0.3, -0.25) is 4.90 Å². The number of carbonyl (C=O) groups is 1. The molecule has 0 radical (unpaired) electrons. The summed E-state index contributed by atoms with van der Waals surface area (Å²) in [5.41, 5.74) is 3.88. The van der Waals surface area contributed by atoms with Crippen LogP contribution in [0.15, 0.2) is 42.9 Å². The van der Waals surface area contributed by atoms with Crippen LogP contribution in [0, 0.1) is 17.6 Å². The number of benzene rings is 1. The van der Waals surface area contributed by atoms with Crippen molar-refractivity contribution in [3.8, 4) is 0 Å². The summed E-state index contributed by atoms with van der Waals surface area (Å²) >= 11 is 0. The van der Waals surface area contributed by atoms with E-state index in [0.717, 1.165) is 48.9 Å². The van der Waals surface area contributed by atoms with Crippen LogP contribution in [0.3, 0.4) is 0 Å². The fraction of sp³-hybridized carbons (Fsp3) is 0.360. The maximum atomic E-state index is 13.6. The van der Waals surface area contributed by atoms with E-state index in [1.807, 2.05) is 17.4 Å². The highest BCUT2D eigenvalue weighted by atomic mass is 19.2. The maximum absolute atomic E-state index is 13.6. The van der Waals surface area contributed by atoms with Crippen LogP contribution in [0.1, 0.15) is 35.7 Å². The van der Waals surface area contributed by atoms with Crippen LogP contribution in [0.4, 0.5) is 8.78 Å². The molecular weight excluding hydrogens is 412 g/mol. The van der Waals surface area contributed by atoms with Gasteiger partial charge in [0.15, 0.2) is 11.6 Å². The molecule has 2 unspecified atom stereocenters. The minimum atomic E-state index is -0.949. The summed E-state index contributed by atoms with van der Waals surface area (Å²) in [4.78, 5) is 18.0. The molecule has 166 valence electrons. The Morgan fingerprint density at radius 2 is 2.03 bits per heavy atom. The summed E-state index contributed by atoms with van der Waals surface area (Å²) in [5.74, 6) is -1.76. The molecule has 2 aliphatic rings. The summed E-state index contributed by atoms with van der Waals surface area (Å²) in [6, 6.07) is 2.99. The first-order chi connectivity index (χ1) is 15.6. The number of aliphatic hydroxyl groups is 1. The van der Waals surface area contributed by atoms with Crippen molar-refractivity contribution >= 4 is 17.9 Å². The lowest BCUT2D eigenvalue weighted by atomic mass is 9.87. The number of piperidine rings is 1. The van der Waals surface area contributed by atoms with Crippen LogP contribution >= 0.6 is 0 Å². The molecule has 1 saturated heterocycles. The van der Waals surface area contributed by atoms with Gasteiger partial charge in [0.25, 0.3) is 0 Å². The molecule has 0 saturated carbocycles. The molecule has 1 aliphatic carbocycles. The van der Waals surface area contributed by atoms with Gasteiger partial charge in [-0.2, -0.15) is 0 Å². The van der Waals surface area contributed by atoms with Crippen molar-refractivity contribution in [2.24, 2.45) is 5.92 Å². The minimum Gasteiger partial charge on any atom is -0.392 e. The Kier molecular flexibility index (Phi) is 5.61. The van der Waals surface area contributed by atoms with Crippen LogP contribution in [-0.2, 0) is 17.6 Å². The second-order valence-corrected chi connectivity index (χ2v) is 8.69. The third-order valence-corrected chi connectivity index (χ3v) is 6.93. The zero-order valence-electron chi connectivity index (χ0n) is 17.6. The average Bonchev–Trinajstić information content (AvgIpc) is 3.40. The van der Waals surface area contributed by atoms with Crippen LogP contribution in [-0.4, -0.2) is 44.9 Å². The highest BCUT2D eigenvalue weighted by Crippen LogP contribution is 2.30. The molecule has 32 heavy (non-hydrogen) atoms. The highest BCUT2D eigenvalue weighted by molar-refractivity contribution is 5.63. The lowest BCUT2D eigenvalue weighted by Gasteiger charge is -2.37. The zero-order chi connectivity index (χ0) is 22.2. The lowest BCUT2D eigenvalue weighted by molar-refractivity contribution is -0.113. The van der Waals surface area contributed by atoms with E-state index in [4.69, 9.17) is 0 Å². The Labute approximate surface area is 184 Å². The Bertz CT molecular complexity index is 1230. The van der Waals surface area contributed by atoms with Crippen LogP contribution < -0.4 is 5.22 Å². The molecule has 1 fully saturated rings. The number of hydrogen-bond donors (Lipinski definition) is 1. The van der Waals surface area contributed by atoms with E-state index in [9.17, 15) is 18.7 Å². The van der Waals surface area contributed by atoms with Crippen molar-refractivity contribution < 1.29 is 18.7 Å². The molecule has 1 aromatic carbocycles. The van der Waals surface area contributed by atoms with E-state index in [2.05, 4.69) is 27.6 Å². The molecule has 2 atom stereocenters. The van der Waals surface area contributed by atoms with Crippen molar-refractivity contribution in [2.75, 3.05) is 13.1 Å². The molecule has 5 rings (SSSR count). The maximum Gasteiger partial charge on any atom is 0.159 e. The number of aromatic nitrogens is 2. The predicted molar refractivity (Wildman–Crippen MR) is 117 cm³/mol. The van der Waals surface area contributed by atoms with Crippen molar-refractivity contribution in [3.63, 3.8) is 0 Å². The quantitative estimate of drug-likeness (QED) is 0.603. The smallest absolute Gasteiger partial charge is 0.159 e. The van der Waals surface area contributed by atoms with E-state index < -0.39 is 23.8 Å². The van der Waals surface area contributed by atoms with Crippen molar-refractivity contribution in [1.82, 2.24) is 14.3 Å². The first-order valence-corrected chi connectivity index (χ1v) is 11.0. The second-order valence-electron chi connectivity index (χ2n) is 8.69. The molecule has 7 heteroatoms. The topological polar surface area (TPSA) is 57.8 Å². The lowest BCUT2D eigenvalue weighted by Crippen LogP contribution is -2.41. The Morgan fingerprint density at radius 1 is 1.22 bits per heavy atom. The first-order valence-electron chi connectivity index (χ1n) is 11.0. The molecule has 0 spiro atoms. The number of nitrogens with zero attached hydrogens (tertiary/aromatic N) is 3. The highest BCUT2D eigenvalue weighted by Gasteiger charge is 2.31. The summed E-state index contributed by atoms with van der Waals surface area (Å²) in [6.45, 7) is 1.22. The molecular formula is C25H25F2N3O2. The number of rotatable bonds is 6. The number of fused-ring (bicyclic) bond motifs is 3. The van der Waals surface area contributed by atoms with Gasteiger partial charge in [0.1, 0.15) is 6.29 Å². The number of likely N-dealkylation sites (tertiary alicyclic amines) is 1. The number of imidazole rings is 1. The van der Waals surface area contributed by atoms with E-state index in [-0.39, 0.29) is 5.92 Å². The van der Waals surface area contributed by atoms with E-state index >= 15 is 0 Å². The molecule has 1 N–H and O–H groups in total. The van der Waals surface area contributed by atoms with Gasteiger partial charge < -0.3 is 14.3 Å². The van der Waals surface area contributed by atoms with Gasteiger partial charge in [-0.15, -0.1) is 0 Å². The van der Waals surface area contributed by atoms with Gasteiger partial charge in [0.2, 0.25) is 0 Å². The monoisotopic (exact) mass is 437 g/mol. The third kappa shape index (κ3) is 3.65. The molecule has 5 nitrogen and oxygen atoms in total. The first kappa shape index (κ1) is 21.0. The van der Waals surface area contributed by atoms with Crippen LogP contribution in [0.2, 0.25) is 0 Å². The third-order valence-electron chi connectivity index (χ3n) is 6.93. The molecule has 1 aliphatic heterocycles. The average molecular weight is 437 g/mol. The largest absolute Gasteiger partial charge is 0.392 e. The minimum absolute atomic E-state index is 0.107. The zero-order valence-corrected chi connectivity index (χ0v) is 17.6. The van der Waals surface area contributed by atoms with Crippen LogP contribution in [0.25, 0.3) is 11.6 Å². The predicted octanol–water partition coefficient (Wildman–Crippen LogP) is 2.78. The van der Waals surface area contributed by atoms with Gasteiger partial charge in [-0.05, 0) is 61.5 Å². The normalized spacial score (nSPS) is 19.0. The molecule has 0 bridgehead atoms. The van der Waals surface area contributed by atoms with Crippen molar-refractivity contribution in [3.05, 3.63) is 76.5 Å². The molecule has 3 aromatic rings. The van der Waals surface area contributed by atoms with Gasteiger partial charge in [0.05, 0.1) is 30.2 Å². The summed E-state index contributed by atoms with van der Waals surface area (Å²) < 4.78 is 29.0. The summed E-state index contributed by atoms with van der Waals surface area (Å²) in [5, 5.41) is 12.3. The number of halogens is 2. The summed E-state index contributed by atoms with van der Waals surface area (Å²) in [7, 11) is 0.